The Morgan fingerprint density at radius 2 is 1.88 bits per heavy atom. The molecule has 4 rings (SSSR count). The number of alkyl halides is 2. The quantitative estimate of drug-likeness (QED) is 0.445. The number of halogens is 4. The van der Waals surface area contributed by atoms with Gasteiger partial charge in [0.25, 0.3) is 5.89 Å². The van der Waals surface area contributed by atoms with Gasteiger partial charge in [0.05, 0.1) is 17.5 Å². The lowest BCUT2D eigenvalue weighted by Crippen LogP contribution is -2.37. The van der Waals surface area contributed by atoms with Gasteiger partial charge < -0.3 is 4.42 Å². The molecule has 3 aromatic rings. The molecule has 12 heteroatoms. The van der Waals surface area contributed by atoms with Crippen LogP contribution in [0.15, 0.2) is 46.9 Å². The number of hydrogen-bond acceptors (Lipinski definition) is 5. The molecule has 33 heavy (non-hydrogen) atoms. The molecule has 0 saturated carbocycles. The molecule has 0 aliphatic carbocycles. The van der Waals surface area contributed by atoms with E-state index in [1.807, 2.05) is 0 Å². The summed E-state index contributed by atoms with van der Waals surface area (Å²) in [5.41, 5.74) is 0.593. The second kappa shape index (κ2) is 10.1. The zero-order valence-electron chi connectivity index (χ0n) is 17.1. The van der Waals surface area contributed by atoms with Crippen molar-refractivity contribution in [3.63, 3.8) is 0 Å². The summed E-state index contributed by atoms with van der Waals surface area (Å²) >= 11 is 0. The summed E-state index contributed by atoms with van der Waals surface area (Å²) in [6.07, 6.45) is -1.98. The Morgan fingerprint density at radius 3 is 2.52 bits per heavy atom. The van der Waals surface area contributed by atoms with E-state index in [1.165, 1.54) is 34.6 Å². The Hall–Kier alpha value is -2.60. The van der Waals surface area contributed by atoms with Crippen LogP contribution in [0, 0.1) is 11.6 Å². The maximum atomic E-state index is 14.9. The van der Waals surface area contributed by atoms with Crippen molar-refractivity contribution in [1.82, 2.24) is 10.2 Å². The Balaban J connectivity index is 1.61. The number of anilines is 1. The van der Waals surface area contributed by atoms with E-state index in [-0.39, 0.29) is 28.8 Å². The molecule has 0 radical (unpaired) electrons. The van der Waals surface area contributed by atoms with Crippen molar-refractivity contribution < 1.29 is 30.4 Å². The van der Waals surface area contributed by atoms with Crippen LogP contribution in [0.3, 0.4) is 0 Å². The van der Waals surface area contributed by atoms with Gasteiger partial charge in [0, 0.05) is 33.4 Å². The SMILES string of the molecule is O=S1CCC(S(=O)N(Cc2ccc(-c3nnc(C(F)F)o3)cc2F)c2cccc(F)c2)CC1. The fourth-order valence-corrected chi connectivity index (χ4v) is 6.63. The second-order valence-corrected chi connectivity index (χ2v) is 10.7. The van der Waals surface area contributed by atoms with Crippen LogP contribution >= 0.6 is 0 Å². The van der Waals surface area contributed by atoms with Crippen LogP contribution in [0.1, 0.15) is 30.7 Å². The number of rotatable bonds is 7. The van der Waals surface area contributed by atoms with Crippen molar-refractivity contribution in [3.05, 3.63) is 65.6 Å². The third kappa shape index (κ3) is 5.49. The van der Waals surface area contributed by atoms with Gasteiger partial charge in [0.1, 0.15) is 22.6 Å². The van der Waals surface area contributed by atoms with Crippen LogP contribution in [0.2, 0.25) is 0 Å². The Kier molecular flexibility index (Phi) is 7.23. The first-order valence-corrected chi connectivity index (χ1v) is 12.7. The van der Waals surface area contributed by atoms with Crippen molar-refractivity contribution in [2.75, 3.05) is 15.8 Å². The van der Waals surface area contributed by atoms with Crippen LogP contribution in [-0.4, -0.2) is 35.4 Å². The van der Waals surface area contributed by atoms with Gasteiger partial charge >= 0.3 is 6.43 Å². The van der Waals surface area contributed by atoms with Gasteiger partial charge in [0.2, 0.25) is 5.89 Å². The average molecular weight is 502 g/mol. The fraction of sp³-hybridized carbons (Fsp3) is 0.333. The summed E-state index contributed by atoms with van der Waals surface area (Å²) in [7, 11) is -2.57. The molecule has 0 amide bonds. The first kappa shape index (κ1) is 23.6. The number of aromatic nitrogens is 2. The van der Waals surface area contributed by atoms with Crippen molar-refractivity contribution in [2.45, 2.75) is 31.1 Å². The van der Waals surface area contributed by atoms with E-state index in [0.717, 1.165) is 6.07 Å². The monoisotopic (exact) mass is 501 g/mol. The van der Waals surface area contributed by atoms with Gasteiger partial charge in [0.15, 0.2) is 0 Å². The summed E-state index contributed by atoms with van der Waals surface area (Å²) < 4.78 is 85.5. The Labute approximate surface area is 192 Å². The molecule has 2 aromatic carbocycles. The zero-order chi connectivity index (χ0) is 23.5. The van der Waals surface area contributed by atoms with Gasteiger partial charge in [-0.2, -0.15) is 8.78 Å². The summed E-state index contributed by atoms with van der Waals surface area (Å²) in [5.74, 6) is -1.48. The topological polar surface area (TPSA) is 76.3 Å². The number of hydrogen-bond donors (Lipinski definition) is 0. The maximum absolute atomic E-state index is 14.9. The van der Waals surface area contributed by atoms with Crippen LogP contribution < -0.4 is 4.31 Å². The second-order valence-electron chi connectivity index (χ2n) is 7.39. The van der Waals surface area contributed by atoms with Gasteiger partial charge in [-0.3, -0.25) is 8.51 Å². The van der Waals surface area contributed by atoms with E-state index in [2.05, 4.69) is 10.2 Å². The molecule has 1 fully saturated rings. The van der Waals surface area contributed by atoms with Crippen LogP contribution in [-0.2, 0) is 28.3 Å². The molecular formula is C21H19F4N3O3S2. The van der Waals surface area contributed by atoms with Crippen molar-refractivity contribution in [3.8, 4) is 11.5 Å². The first-order chi connectivity index (χ1) is 15.8. The van der Waals surface area contributed by atoms with Crippen molar-refractivity contribution in [1.29, 1.82) is 0 Å². The molecule has 1 aliphatic rings. The van der Waals surface area contributed by atoms with E-state index in [0.29, 0.717) is 30.0 Å². The number of nitrogens with zero attached hydrogens (tertiary/aromatic N) is 3. The van der Waals surface area contributed by atoms with Crippen LogP contribution in [0.25, 0.3) is 11.5 Å². The highest BCUT2D eigenvalue weighted by atomic mass is 32.2. The summed E-state index contributed by atoms with van der Waals surface area (Å²) in [6, 6.07) is 9.42. The maximum Gasteiger partial charge on any atom is 0.314 e. The lowest BCUT2D eigenvalue weighted by atomic mass is 10.1. The largest absolute Gasteiger partial charge is 0.415 e. The van der Waals surface area contributed by atoms with Crippen molar-refractivity contribution >= 4 is 27.5 Å². The molecule has 2 heterocycles. The molecule has 0 bridgehead atoms. The van der Waals surface area contributed by atoms with Gasteiger partial charge in [-0.05, 0) is 43.2 Å². The first-order valence-electron chi connectivity index (χ1n) is 10.0. The van der Waals surface area contributed by atoms with Crippen LogP contribution in [0.4, 0.5) is 23.2 Å². The smallest absolute Gasteiger partial charge is 0.314 e. The standard InChI is InChI=1S/C21H19F4N3O3S2/c22-15-2-1-3-16(11-15)28(33(30)17-6-8-32(29)9-7-17)12-14-5-4-13(10-18(14)23)20-26-27-21(31-20)19(24)25/h1-5,10-11,17,19H,6-9,12H2. The van der Waals surface area contributed by atoms with Gasteiger partial charge in [-0.1, -0.05) is 12.1 Å². The summed E-state index contributed by atoms with van der Waals surface area (Å²) in [6.45, 7) is -0.131. The fourth-order valence-electron chi connectivity index (χ4n) is 3.45. The van der Waals surface area contributed by atoms with Gasteiger partial charge in [-0.25, -0.2) is 13.0 Å². The van der Waals surface area contributed by atoms with Crippen LogP contribution in [0.5, 0.6) is 0 Å². The highest BCUT2D eigenvalue weighted by Crippen LogP contribution is 2.29. The normalized spacial score (nSPS) is 19.5. The molecule has 176 valence electrons. The average Bonchev–Trinajstić information content (AvgIpc) is 3.29. The van der Waals surface area contributed by atoms with Crippen molar-refractivity contribution in [2.24, 2.45) is 0 Å². The summed E-state index contributed by atoms with van der Waals surface area (Å²) in [5, 5.41) is 6.44. The number of benzene rings is 2. The van der Waals surface area contributed by atoms with E-state index >= 15 is 0 Å². The van der Waals surface area contributed by atoms with E-state index in [1.54, 1.807) is 6.07 Å². The molecule has 6 nitrogen and oxygen atoms in total. The molecule has 1 aromatic heterocycles. The molecule has 1 aliphatic heterocycles. The molecule has 1 saturated heterocycles. The lowest BCUT2D eigenvalue weighted by molar-refractivity contribution is 0.116. The molecule has 1 atom stereocenters. The minimum Gasteiger partial charge on any atom is -0.415 e. The Bertz CT molecular complexity index is 1180. The molecule has 0 spiro atoms. The molecule has 0 N–H and O–H groups in total. The third-order valence-corrected chi connectivity index (χ3v) is 8.37. The highest BCUT2D eigenvalue weighted by Gasteiger charge is 2.29. The zero-order valence-corrected chi connectivity index (χ0v) is 18.8. The van der Waals surface area contributed by atoms with E-state index in [9.17, 15) is 26.0 Å². The van der Waals surface area contributed by atoms with E-state index in [4.69, 9.17) is 4.42 Å². The minimum atomic E-state index is -2.94. The molecule has 1 unspecified atom stereocenters. The third-order valence-electron chi connectivity index (χ3n) is 5.17. The summed E-state index contributed by atoms with van der Waals surface area (Å²) in [4.78, 5) is 0. The molecular weight excluding hydrogens is 482 g/mol. The predicted molar refractivity (Wildman–Crippen MR) is 116 cm³/mol. The minimum absolute atomic E-state index is 0.115. The highest BCUT2D eigenvalue weighted by molar-refractivity contribution is 7.88. The Morgan fingerprint density at radius 1 is 1.12 bits per heavy atom. The lowest BCUT2D eigenvalue weighted by Gasteiger charge is -2.30. The predicted octanol–water partition coefficient (Wildman–Crippen LogP) is 4.53. The van der Waals surface area contributed by atoms with E-state index < -0.39 is 45.7 Å². The van der Waals surface area contributed by atoms with Gasteiger partial charge in [-0.15, -0.1) is 10.2 Å².